The van der Waals surface area contributed by atoms with Crippen molar-refractivity contribution in [1.82, 2.24) is 10.6 Å². The lowest BCUT2D eigenvalue weighted by atomic mass is 10.1. The molecule has 114 valence electrons. The maximum Gasteiger partial charge on any atom is 0.303 e. The molecule has 3 N–H and O–H groups in total. The summed E-state index contributed by atoms with van der Waals surface area (Å²) >= 11 is 0. The van der Waals surface area contributed by atoms with Gasteiger partial charge in [-0.15, -0.1) is 0 Å². The summed E-state index contributed by atoms with van der Waals surface area (Å²) in [7, 11) is 0. The van der Waals surface area contributed by atoms with E-state index in [4.69, 9.17) is 5.11 Å². The molecule has 6 nitrogen and oxygen atoms in total. The number of hydrogen-bond acceptors (Lipinski definition) is 3. The molecule has 0 saturated carbocycles. The molecule has 0 aromatic heterocycles. The van der Waals surface area contributed by atoms with E-state index in [0.717, 1.165) is 5.56 Å². The quantitative estimate of drug-likeness (QED) is 0.697. The number of hydrogen-bond donors (Lipinski definition) is 3. The van der Waals surface area contributed by atoms with Gasteiger partial charge in [-0.3, -0.25) is 14.4 Å². The molecule has 0 aliphatic heterocycles. The van der Waals surface area contributed by atoms with Gasteiger partial charge in [0.15, 0.2) is 0 Å². The molecule has 0 saturated heterocycles. The Bertz CT molecular complexity index is 511. The number of aliphatic carboxylic acids is 1. The van der Waals surface area contributed by atoms with E-state index in [2.05, 4.69) is 10.6 Å². The van der Waals surface area contributed by atoms with Gasteiger partial charge in [-0.25, -0.2) is 0 Å². The third-order valence-electron chi connectivity index (χ3n) is 2.89. The number of nitrogens with one attached hydrogen (secondary N) is 2. The van der Waals surface area contributed by atoms with Crippen LogP contribution in [0.5, 0.6) is 0 Å². The largest absolute Gasteiger partial charge is 0.481 e. The van der Waals surface area contributed by atoms with E-state index in [0.29, 0.717) is 5.56 Å². The fourth-order valence-electron chi connectivity index (χ4n) is 1.69. The van der Waals surface area contributed by atoms with Gasteiger partial charge in [0.1, 0.15) is 0 Å². The zero-order valence-corrected chi connectivity index (χ0v) is 12.2. The fourth-order valence-corrected chi connectivity index (χ4v) is 1.69. The molecule has 0 aliphatic rings. The summed E-state index contributed by atoms with van der Waals surface area (Å²) in [5, 5.41) is 13.7. The highest BCUT2D eigenvalue weighted by Crippen LogP contribution is 2.02. The van der Waals surface area contributed by atoms with Gasteiger partial charge in [-0.2, -0.15) is 0 Å². The molecule has 0 bridgehead atoms. The van der Waals surface area contributed by atoms with E-state index < -0.39 is 5.97 Å². The summed E-state index contributed by atoms with van der Waals surface area (Å²) in [4.78, 5) is 33.8. The fraction of sp³-hybridized carbons (Fsp3) is 0.400. The SMILES string of the molecule is Cc1ccc(C(=O)NCC(=O)NCC(C)CC(=O)O)cc1. The van der Waals surface area contributed by atoms with E-state index >= 15 is 0 Å². The van der Waals surface area contributed by atoms with E-state index in [-0.39, 0.29) is 37.2 Å². The number of amides is 2. The van der Waals surface area contributed by atoms with Crippen LogP contribution >= 0.6 is 0 Å². The first-order chi connectivity index (χ1) is 9.88. The van der Waals surface area contributed by atoms with Crippen LogP contribution in [-0.4, -0.2) is 36.0 Å². The minimum absolute atomic E-state index is 0.00396. The molecule has 2 amide bonds. The monoisotopic (exact) mass is 292 g/mol. The van der Waals surface area contributed by atoms with Crippen molar-refractivity contribution in [3.05, 3.63) is 35.4 Å². The van der Waals surface area contributed by atoms with Crippen LogP contribution in [0.4, 0.5) is 0 Å². The van der Waals surface area contributed by atoms with Gasteiger partial charge in [-0.05, 0) is 25.0 Å². The van der Waals surface area contributed by atoms with Crippen LogP contribution in [0, 0.1) is 12.8 Å². The molecular formula is C15H20N2O4. The first-order valence-electron chi connectivity index (χ1n) is 6.72. The van der Waals surface area contributed by atoms with Crippen LogP contribution in [0.25, 0.3) is 0 Å². The predicted octanol–water partition coefficient (Wildman–Crippen LogP) is 0.952. The van der Waals surface area contributed by atoms with Crippen molar-refractivity contribution in [2.24, 2.45) is 5.92 Å². The van der Waals surface area contributed by atoms with Crippen molar-refractivity contribution in [3.63, 3.8) is 0 Å². The summed E-state index contributed by atoms with van der Waals surface area (Å²) in [6.07, 6.45) is -0.00396. The van der Waals surface area contributed by atoms with Gasteiger partial charge < -0.3 is 15.7 Å². The molecule has 6 heteroatoms. The van der Waals surface area contributed by atoms with Crippen molar-refractivity contribution < 1.29 is 19.5 Å². The number of carboxylic acid groups (broad SMARTS) is 1. The van der Waals surface area contributed by atoms with Crippen LogP contribution < -0.4 is 10.6 Å². The average molecular weight is 292 g/mol. The van der Waals surface area contributed by atoms with E-state index in [1.807, 2.05) is 19.1 Å². The van der Waals surface area contributed by atoms with Crippen LogP contribution in [0.2, 0.25) is 0 Å². The molecule has 1 aromatic rings. The lowest BCUT2D eigenvalue weighted by molar-refractivity contribution is -0.138. The topological polar surface area (TPSA) is 95.5 Å². The van der Waals surface area contributed by atoms with E-state index in [1.165, 1.54) is 0 Å². The molecule has 0 radical (unpaired) electrons. The second-order valence-corrected chi connectivity index (χ2v) is 5.06. The molecule has 0 heterocycles. The Morgan fingerprint density at radius 2 is 1.76 bits per heavy atom. The lowest BCUT2D eigenvalue weighted by Crippen LogP contribution is -2.38. The Morgan fingerprint density at radius 1 is 1.14 bits per heavy atom. The second kappa shape index (κ2) is 8.04. The van der Waals surface area contributed by atoms with Gasteiger partial charge in [-0.1, -0.05) is 24.6 Å². The molecule has 0 aliphatic carbocycles. The van der Waals surface area contributed by atoms with Crippen LogP contribution in [-0.2, 0) is 9.59 Å². The van der Waals surface area contributed by atoms with Gasteiger partial charge >= 0.3 is 5.97 Å². The van der Waals surface area contributed by atoms with Crippen molar-refractivity contribution in [2.75, 3.05) is 13.1 Å². The van der Waals surface area contributed by atoms with E-state index in [9.17, 15) is 14.4 Å². The summed E-state index contributed by atoms with van der Waals surface area (Å²) in [6, 6.07) is 7.03. The summed E-state index contributed by atoms with van der Waals surface area (Å²) in [6.45, 7) is 3.80. The zero-order valence-electron chi connectivity index (χ0n) is 12.2. The van der Waals surface area contributed by atoms with E-state index in [1.54, 1.807) is 19.1 Å². The first-order valence-corrected chi connectivity index (χ1v) is 6.72. The highest BCUT2D eigenvalue weighted by atomic mass is 16.4. The number of benzene rings is 1. The number of carbonyl (C=O) groups excluding carboxylic acids is 2. The van der Waals surface area contributed by atoms with Crippen molar-refractivity contribution >= 4 is 17.8 Å². The summed E-state index contributed by atoms with van der Waals surface area (Å²) < 4.78 is 0. The molecule has 1 rings (SSSR count). The highest BCUT2D eigenvalue weighted by molar-refractivity contribution is 5.96. The van der Waals surface area contributed by atoms with Gasteiger partial charge in [0.05, 0.1) is 6.54 Å². The Morgan fingerprint density at radius 3 is 2.33 bits per heavy atom. The molecular weight excluding hydrogens is 272 g/mol. The van der Waals surface area contributed by atoms with Crippen LogP contribution in [0.15, 0.2) is 24.3 Å². The minimum atomic E-state index is -0.899. The summed E-state index contributed by atoms with van der Waals surface area (Å²) in [5.74, 6) is -1.71. The normalized spacial score (nSPS) is 11.5. The number of aryl methyl sites for hydroxylation is 1. The average Bonchev–Trinajstić information content (AvgIpc) is 2.42. The second-order valence-electron chi connectivity index (χ2n) is 5.06. The third kappa shape index (κ3) is 6.56. The highest BCUT2D eigenvalue weighted by Gasteiger charge is 2.11. The molecule has 1 atom stereocenters. The van der Waals surface area contributed by atoms with Crippen molar-refractivity contribution in [2.45, 2.75) is 20.3 Å². The zero-order chi connectivity index (χ0) is 15.8. The van der Waals surface area contributed by atoms with Gasteiger partial charge in [0.25, 0.3) is 5.91 Å². The third-order valence-corrected chi connectivity index (χ3v) is 2.89. The molecule has 0 spiro atoms. The standard InChI is InChI=1S/C15H20N2O4/c1-10-3-5-12(6-4-10)15(21)17-9-13(18)16-8-11(2)7-14(19)20/h3-6,11H,7-9H2,1-2H3,(H,16,18)(H,17,21)(H,19,20). The van der Waals surface area contributed by atoms with Crippen LogP contribution in [0.3, 0.4) is 0 Å². The Kier molecular flexibility index (Phi) is 6.39. The van der Waals surface area contributed by atoms with Crippen molar-refractivity contribution in [3.8, 4) is 0 Å². The van der Waals surface area contributed by atoms with Crippen LogP contribution in [0.1, 0.15) is 29.3 Å². The Labute approximate surface area is 123 Å². The summed E-state index contributed by atoms with van der Waals surface area (Å²) in [5.41, 5.74) is 1.55. The molecule has 1 aromatic carbocycles. The van der Waals surface area contributed by atoms with Gasteiger partial charge in [0, 0.05) is 18.5 Å². The molecule has 21 heavy (non-hydrogen) atoms. The smallest absolute Gasteiger partial charge is 0.303 e. The van der Waals surface area contributed by atoms with Gasteiger partial charge in [0.2, 0.25) is 5.91 Å². The minimum Gasteiger partial charge on any atom is -0.481 e. The lowest BCUT2D eigenvalue weighted by Gasteiger charge is -2.11. The maximum absolute atomic E-state index is 11.8. The molecule has 1 unspecified atom stereocenters. The maximum atomic E-state index is 11.8. The number of carboxylic acids is 1. The predicted molar refractivity (Wildman–Crippen MR) is 77.9 cm³/mol. The number of carbonyl (C=O) groups is 3. The Hall–Kier alpha value is -2.37. The molecule has 0 fully saturated rings. The van der Waals surface area contributed by atoms with Crippen molar-refractivity contribution in [1.29, 1.82) is 0 Å². The number of rotatable bonds is 7. The Balaban J connectivity index is 2.31. The first kappa shape index (κ1) is 16.7.